The van der Waals surface area contributed by atoms with Gasteiger partial charge in [-0.25, -0.2) is 9.59 Å². The van der Waals surface area contributed by atoms with Gasteiger partial charge in [-0.05, 0) is 13.0 Å². The van der Waals surface area contributed by atoms with Crippen molar-refractivity contribution in [2.45, 2.75) is 12.5 Å². The van der Waals surface area contributed by atoms with Crippen LogP contribution in [-0.4, -0.2) is 92.0 Å². The first-order valence-electron chi connectivity index (χ1n) is 7.46. The lowest BCUT2D eigenvalue weighted by molar-refractivity contribution is -0.147. The van der Waals surface area contributed by atoms with Crippen molar-refractivity contribution in [3.63, 3.8) is 0 Å². The molecule has 8 nitrogen and oxygen atoms in total. The van der Waals surface area contributed by atoms with Gasteiger partial charge in [-0.1, -0.05) is 0 Å². The average molecular weight is 300 g/mol. The Morgan fingerprint density at radius 3 is 2.76 bits per heavy atom. The van der Waals surface area contributed by atoms with E-state index in [0.29, 0.717) is 19.7 Å². The van der Waals surface area contributed by atoms with Gasteiger partial charge in [0.05, 0.1) is 13.2 Å². The van der Waals surface area contributed by atoms with E-state index in [4.69, 9.17) is 9.84 Å². The zero-order chi connectivity index (χ0) is 15.1. The molecule has 0 bridgehead atoms. The lowest BCUT2D eigenvalue weighted by atomic mass is 10.2. The lowest BCUT2D eigenvalue weighted by Gasteiger charge is -2.33. The van der Waals surface area contributed by atoms with E-state index < -0.39 is 12.0 Å². The van der Waals surface area contributed by atoms with Gasteiger partial charge in [-0.3, -0.25) is 0 Å². The molecule has 8 heteroatoms. The fourth-order valence-electron chi connectivity index (χ4n) is 2.59. The summed E-state index contributed by atoms with van der Waals surface area (Å²) in [4.78, 5) is 26.8. The number of piperazine rings is 1. The minimum absolute atomic E-state index is 0.0591. The summed E-state index contributed by atoms with van der Waals surface area (Å²) in [5, 5.41) is 15.2. The molecule has 0 aliphatic carbocycles. The largest absolute Gasteiger partial charge is 0.480 e. The molecule has 0 saturated carbocycles. The van der Waals surface area contributed by atoms with Crippen LogP contribution >= 0.6 is 0 Å². The van der Waals surface area contributed by atoms with Gasteiger partial charge < -0.3 is 30.3 Å². The second-order valence-electron chi connectivity index (χ2n) is 5.30. The normalized spacial score (nSPS) is 23.8. The van der Waals surface area contributed by atoms with Gasteiger partial charge in [0, 0.05) is 39.3 Å². The molecule has 2 aliphatic rings. The number of carbonyl (C=O) groups excluding carboxylic acids is 1. The van der Waals surface area contributed by atoms with Gasteiger partial charge in [0.15, 0.2) is 6.04 Å². The Kier molecular flexibility index (Phi) is 6.21. The maximum absolute atomic E-state index is 12.0. The van der Waals surface area contributed by atoms with Crippen molar-refractivity contribution in [3.8, 4) is 0 Å². The number of morpholine rings is 1. The molecule has 1 atom stereocenters. The number of amides is 2. The van der Waals surface area contributed by atoms with Crippen LogP contribution in [0.5, 0.6) is 0 Å². The summed E-state index contributed by atoms with van der Waals surface area (Å²) < 4.78 is 5.11. The van der Waals surface area contributed by atoms with E-state index in [0.717, 1.165) is 39.1 Å². The van der Waals surface area contributed by atoms with Gasteiger partial charge >= 0.3 is 12.0 Å². The number of hydrogen-bond acceptors (Lipinski definition) is 5. The first-order valence-corrected chi connectivity index (χ1v) is 7.46. The maximum Gasteiger partial charge on any atom is 0.328 e. The van der Waals surface area contributed by atoms with E-state index in [9.17, 15) is 9.59 Å². The van der Waals surface area contributed by atoms with Gasteiger partial charge in [0.25, 0.3) is 0 Å². The topological polar surface area (TPSA) is 94.1 Å². The molecule has 2 rings (SSSR count). The first-order chi connectivity index (χ1) is 10.2. The fourth-order valence-corrected chi connectivity index (χ4v) is 2.59. The predicted molar refractivity (Wildman–Crippen MR) is 76.3 cm³/mol. The van der Waals surface area contributed by atoms with Crippen molar-refractivity contribution in [2.24, 2.45) is 0 Å². The minimum Gasteiger partial charge on any atom is -0.480 e. The maximum atomic E-state index is 12.0. The Morgan fingerprint density at radius 1 is 1.29 bits per heavy atom. The molecular formula is C13H24N4O4. The summed E-state index contributed by atoms with van der Waals surface area (Å²) in [5.74, 6) is -1.02. The van der Waals surface area contributed by atoms with Crippen molar-refractivity contribution >= 4 is 12.0 Å². The van der Waals surface area contributed by atoms with Crippen LogP contribution in [0.3, 0.4) is 0 Å². The van der Waals surface area contributed by atoms with Gasteiger partial charge in [0.2, 0.25) is 0 Å². The SMILES string of the molecule is O=C(O)C1COCCN1C(=O)NCCCN1CCNCC1. The number of hydrogen-bond donors (Lipinski definition) is 3. The molecule has 1 unspecified atom stereocenters. The third-order valence-electron chi connectivity index (χ3n) is 3.81. The molecule has 3 N–H and O–H groups in total. The zero-order valence-electron chi connectivity index (χ0n) is 12.2. The number of aliphatic carboxylic acids is 1. The molecule has 2 aliphatic heterocycles. The first kappa shape index (κ1) is 16.0. The smallest absolute Gasteiger partial charge is 0.328 e. The Balaban J connectivity index is 1.67. The second-order valence-corrected chi connectivity index (χ2v) is 5.30. The van der Waals surface area contributed by atoms with E-state index in [2.05, 4.69) is 15.5 Å². The Bertz CT molecular complexity index is 360. The van der Waals surface area contributed by atoms with E-state index in [1.165, 1.54) is 4.90 Å². The van der Waals surface area contributed by atoms with Crippen LogP contribution in [0.4, 0.5) is 4.79 Å². The monoisotopic (exact) mass is 300 g/mol. The van der Waals surface area contributed by atoms with Gasteiger partial charge in [-0.2, -0.15) is 0 Å². The third kappa shape index (κ3) is 4.83. The molecule has 2 amide bonds. The highest BCUT2D eigenvalue weighted by molar-refractivity contribution is 5.82. The minimum atomic E-state index is -1.02. The van der Waals surface area contributed by atoms with E-state index in [1.54, 1.807) is 0 Å². The van der Waals surface area contributed by atoms with Crippen molar-refractivity contribution in [2.75, 3.05) is 59.0 Å². The molecular weight excluding hydrogens is 276 g/mol. The number of carboxylic acids is 1. The van der Waals surface area contributed by atoms with Crippen LogP contribution < -0.4 is 10.6 Å². The van der Waals surface area contributed by atoms with Gasteiger partial charge in [0.1, 0.15) is 0 Å². The Morgan fingerprint density at radius 2 is 2.05 bits per heavy atom. The van der Waals surface area contributed by atoms with Crippen molar-refractivity contribution < 1.29 is 19.4 Å². The van der Waals surface area contributed by atoms with Crippen LogP contribution in [0.2, 0.25) is 0 Å². The Hall–Kier alpha value is -1.38. The van der Waals surface area contributed by atoms with Crippen LogP contribution in [0.1, 0.15) is 6.42 Å². The van der Waals surface area contributed by atoms with Crippen LogP contribution in [-0.2, 0) is 9.53 Å². The highest BCUT2D eigenvalue weighted by Gasteiger charge is 2.32. The molecule has 21 heavy (non-hydrogen) atoms. The summed E-state index contributed by atoms with van der Waals surface area (Å²) >= 11 is 0. The standard InChI is InChI=1S/C13H24N4O4/c18-12(19)11-10-21-9-8-17(11)13(20)15-2-1-5-16-6-3-14-4-7-16/h11,14H,1-10H2,(H,15,20)(H,18,19). The highest BCUT2D eigenvalue weighted by atomic mass is 16.5. The number of carbonyl (C=O) groups is 2. The quantitative estimate of drug-likeness (QED) is 0.551. The van der Waals surface area contributed by atoms with E-state index in [-0.39, 0.29) is 12.6 Å². The number of ether oxygens (including phenoxy) is 1. The molecule has 0 radical (unpaired) electrons. The molecule has 0 aromatic heterocycles. The molecule has 0 aromatic carbocycles. The van der Waals surface area contributed by atoms with Crippen molar-refractivity contribution in [1.29, 1.82) is 0 Å². The third-order valence-corrected chi connectivity index (χ3v) is 3.81. The van der Waals surface area contributed by atoms with Crippen molar-refractivity contribution in [1.82, 2.24) is 20.4 Å². The fraction of sp³-hybridized carbons (Fsp3) is 0.846. The number of rotatable bonds is 5. The number of nitrogens with zero attached hydrogens (tertiary/aromatic N) is 2. The molecule has 2 saturated heterocycles. The second kappa shape index (κ2) is 8.16. The van der Waals surface area contributed by atoms with Crippen LogP contribution in [0.15, 0.2) is 0 Å². The molecule has 0 spiro atoms. The Labute approximate surface area is 124 Å². The predicted octanol–water partition coefficient (Wildman–Crippen LogP) is -1.22. The van der Waals surface area contributed by atoms with Crippen LogP contribution in [0.25, 0.3) is 0 Å². The van der Waals surface area contributed by atoms with E-state index >= 15 is 0 Å². The molecule has 2 heterocycles. The highest BCUT2D eigenvalue weighted by Crippen LogP contribution is 2.07. The van der Waals surface area contributed by atoms with E-state index in [1.807, 2.05) is 0 Å². The number of carboxylic acid groups (broad SMARTS) is 1. The van der Waals surface area contributed by atoms with Gasteiger partial charge in [-0.15, -0.1) is 0 Å². The lowest BCUT2D eigenvalue weighted by Crippen LogP contribution is -2.55. The molecule has 2 fully saturated rings. The zero-order valence-corrected chi connectivity index (χ0v) is 12.2. The summed E-state index contributed by atoms with van der Waals surface area (Å²) in [7, 11) is 0. The summed E-state index contributed by atoms with van der Waals surface area (Å²) in [6, 6.07) is -1.20. The average Bonchev–Trinajstić information content (AvgIpc) is 2.52. The number of nitrogens with one attached hydrogen (secondary N) is 2. The number of urea groups is 1. The van der Waals surface area contributed by atoms with Crippen molar-refractivity contribution in [3.05, 3.63) is 0 Å². The summed E-state index contributed by atoms with van der Waals surface area (Å²) in [5.41, 5.74) is 0. The van der Waals surface area contributed by atoms with Crippen LogP contribution in [0, 0.1) is 0 Å². The summed E-state index contributed by atoms with van der Waals surface area (Å²) in [6.45, 7) is 6.39. The summed E-state index contributed by atoms with van der Waals surface area (Å²) in [6.07, 6.45) is 0.869. The molecule has 120 valence electrons. The molecule has 0 aromatic rings.